The zero-order valence-corrected chi connectivity index (χ0v) is 13.7. The predicted octanol–water partition coefficient (Wildman–Crippen LogP) is 4.77. The molecular formula is C13H11Br2F2N3. The van der Waals surface area contributed by atoms with Gasteiger partial charge in [-0.25, -0.2) is 18.7 Å². The van der Waals surface area contributed by atoms with Crippen molar-refractivity contribution >= 4 is 37.7 Å². The van der Waals surface area contributed by atoms with Crippen LogP contribution in [0.15, 0.2) is 27.3 Å². The van der Waals surface area contributed by atoms with Crippen LogP contribution in [-0.2, 0) is 0 Å². The number of halogens is 4. The highest BCUT2D eigenvalue weighted by Crippen LogP contribution is 2.31. The Labute approximate surface area is 132 Å². The third-order valence-corrected chi connectivity index (χ3v) is 3.92. The number of anilines is 1. The van der Waals surface area contributed by atoms with E-state index in [1.54, 1.807) is 6.20 Å². The van der Waals surface area contributed by atoms with Gasteiger partial charge in [-0.2, -0.15) is 0 Å². The van der Waals surface area contributed by atoms with E-state index in [2.05, 4.69) is 47.1 Å². The van der Waals surface area contributed by atoms with E-state index < -0.39 is 11.6 Å². The van der Waals surface area contributed by atoms with Gasteiger partial charge in [-0.3, -0.25) is 0 Å². The second-order valence-corrected chi connectivity index (χ2v) is 5.69. The number of rotatable bonds is 4. The Morgan fingerprint density at radius 1 is 1.25 bits per heavy atom. The van der Waals surface area contributed by atoms with Gasteiger partial charge in [-0.15, -0.1) is 0 Å². The molecule has 0 spiro atoms. The van der Waals surface area contributed by atoms with E-state index in [4.69, 9.17) is 0 Å². The molecule has 0 aliphatic rings. The molecule has 0 aliphatic carbocycles. The summed E-state index contributed by atoms with van der Waals surface area (Å²) in [5.74, 6) is -0.926. The van der Waals surface area contributed by atoms with E-state index in [-0.39, 0.29) is 4.47 Å². The molecular weight excluding hydrogens is 396 g/mol. The lowest BCUT2D eigenvalue weighted by molar-refractivity contribution is 0.504. The average Bonchev–Trinajstić information content (AvgIpc) is 2.44. The van der Waals surface area contributed by atoms with Crippen molar-refractivity contribution in [3.8, 4) is 11.4 Å². The summed E-state index contributed by atoms with van der Waals surface area (Å²) in [6.45, 7) is 2.79. The van der Waals surface area contributed by atoms with E-state index in [0.717, 1.165) is 19.0 Å². The normalized spacial score (nSPS) is 10.7. The molecule has 3 nitrogen and oxygen atoms in total. The SMILES string of the molecule is CCCNc1nc(-c2ccc(F)c(F)c2Br)ncc1Br. The lowest BCUT2D eigenvalue weighted by atomic mass is 10.2. The Balaban J connectivity index is 2.45. The molecule has 2 aromatic rings. The highest BCUT2D eigenvalue weighted by Gasteiger charge is 2.15. The first-order valence-corrected chi connectivity index (χ1v) is 7.53. The van der Waals surface area contributed by atoms with Gasteiger partial charge in [-0.05, 0) is 50.4 Å². The van der Waals surface area contributed by atoms with Crippen LogP contribution in [-0.4, -0.2) is 16.5 Å². The minimum absolute atomic E-state index is 0.0151. The van der Waals surface area contributed by atoms with Crippen molar-refractivity contribution in [3.63, 3.8) is 0 Å². The van der Waals surface area contributed by atoms with Crippen LogP contribution in [0.3, 0.4) is 0 Å². The quantitative estimate of drug-likeness (QED) is 0.743. The van der Waals surface area contributed by atoms with E-state index >= 15 is 0 Å². The largest absolute Gasteiger partial charge is 0.369 e. The van der Waals surface area contributed by atoms with Crippen LogP contribution < -0.4 is 5.32 Å². The standard InChI is InChI=1S/C13H11Br2F2N3/c1-2-5-18-13-8(14)6-19-12(20-13)7-3-4-9(16)11(17)10(7)15/h3-4,6H,2,5H2,1H3,(H,18,19,20). The molecule has 1 aromatic carbocycles. The highest BCUT2D eigenvalue weighted by molar-refractivity contribution is 9.11. The topological polar surface area (TPSA) is 37.8 Å². The molecule has 0 bridgehead atoms. The summed E-state index contributed by atoms with van der Waals surface area (Å²) < 4.78 is 27.4. The van der Waals surface area contributed by atoms with Crippen LogP contribution in [0, 0.1) is 11.6 Å². The zero-order chi connectivity index (χ0) is 14.7. The number of aromatic nitrogens is 2. The van der Waals surface area contributed by atoms with Crippen LogP contribution >= 0.6 is 31.9 Å². The maximum absolute atomic E-state index is 13.6. The summed E-state index contributed by atoms with van der Waals surface area (Å²) in [7, 11) is 0. The summed E-state index contributed by atoms with van der Waals surface area (Å²) in [6, 6.07) is 2.50. The molecule has 0 unspecified atom stereocenters. The van der Waals surface area contributed by atoms with Crippen molar-refractivity contribution in [2.45, 2.75) is 13.3 Å². The molecule has 0 saturated heterocycles. The van der Waals surface area contributed by atoms with Gasteiger partial charge >= 0.3 is 0 Å². The van der Waals surface area contributed by atoms with Gasteiger partial charge < -0.3 is 5.32 Å². The monoisotopic (exact) mass is 405 g/mol. The molecule has 1 aromatic heterocycles. The molecule has 0 atom stereocenters. The fraction of sp³-hybridized carbons (Fsp3) is 0.231. The van der Waals surface area contributed by atoms with Gasteiger partial charge in [0.25, 0.3) is 0 Å². The van der Waals surface area contributed by atoms with Crippen molar-refractivity contribution in [2.24, 2.45) is 0 Å². The first-order valence-electron chi connectivity index (χ1n) is 5.94. The minimum atomic E-state index is -0.947. The van der Waals surface area contributed by atoms with E-state index in [0.29, 0.717) is 21.7 Å². The fourth-order valence-corrected chi connectivity index (χ4v) is 2.39. The molecule has 0 amide bonds. The van der Waals surface area contributed by atoms with Gasteiger partial charge in [-0.1, -0.05) is 6.92 Å². The average molecular weight is 407 g/mol. The summed E-state index contributed by atoms with van der Waals surface area (Å²) in [5.41, 5.74) is 0.399. The van der Waals surface area contributed by atoms with Crippen LogP contribution in [0.5, 0.6) is 0 Å². The Morgan fingerprint density at radius 3 is 2.70 bits per heavy atom. The maximum Gasteiger partial charge on any atom is 0.173 e. The van der Waals surface area contributed by atoms with E-state index in [1.165, 1.54) is 6.07 Å². The first kappa shape index (κ1) is 15.3. The van der Waals surface area contributed by atoms with Crippen LogP contribution in [0.1, 0.15) is 13.3 Å². The second kappa shape index (κ2) is 6.58. The Bertz CT molecular complexity index is 635. The third kappa shape index (κ3) is 3.15. The van der Waals surface area contributed by atoms with Crippen molar-refractivity contribution < 1.29 is 8.78 Å². The molecule has 2 rings (SSSR count). The maximum atomic E-state index is 13.6. The molecule has 0 aliphatic heterocycles. The summed E-state index contributed by atoms with van der Waals surface area (Å²) in [6.07, 6.45) is 2.52. The van der Waals surface area contributed by atoms with Gasteiger partial charge in [0, 0.05) is 18.3 Å². The van der Waals surface area contributed by atoms with Crippen LogP contribution in [0.4, 0.5) is 14.6 Å². The molecule has 20 heavy (non-hydrogen) atoms. The highest BCUT2D eigenvalue weighted by atomic mass is 79.9. The number of hydrogen-bond donors (Lipinski definition) is 1. The van der Waals surface area contributed by atoms with Crippen molar-refractivity contribution in [2.75, 3.05) is 11.9 Å². The molecule has 106 valence electrons. The number of hydrogen-bond acceptors (Lipinski definition) is 3. The van der Waals surface area contributed by atoms with Gasteiger partial charge in [0.15, 0.2) is 17.5 Å². The molecule has 0 radical (unpaired) electrons. The Kier molecular flexibility index (Phi) is 5.04. The lowest BCUT2D eigenvalue weighted by Crippen LogP contribution is -2.04. The number of nitrogens with zero attached hydrogens (tertiary/aromatic N) is 2. The third-order valence-electron chi connectivity index (χ3n) is 2.56. The van der Waals surface area contributed by atoms with Crippen molar-refractivity contribution in [1.82, 2.24) is 9.97 Å². The number of benzene rings is 1. The summed E-state index contributed by atoms with van der Waals surface area (Å²) in [4.78, 5) is 8.46. The fourth-order valence-electron chi connectivity index (χ4n) is 1.56. The van der Waals surface area contributed by atoms with Crippen LogP contribution in [0.2, 0.25) is 0 Å². The Hall–Kier alpha value is -1.08. The van der Waals surface area contributed by atoms with E-state index in [1.807, 2.05) is 6.92 Å². The molecule has 0 saturated carbocycles. The Morgan fingerprint density at radius 2 is 2.00 bits per heavy atom. The van der Waals surface area contributed by atoms with Crippen molar-refractivity contribution in [3.05, 3.63) is 38.9 Å². The minimum Gasteiger partial charge on any atom is -0.369 e. The predicted molar refractivity (Wildman–Crippen MR) is 81.6 cm³/mol. The smallest absolute Gasteiger partial charge is 0.173 e. The molecule has 1 N–H and O–H groups in total. The second-order valence-electron chi connectivity index (χ2n) is 4.04. The number of nitrogens with one attached hydrogen (secondary N) is 1. The molecule has 7 heteroatoms. The summed E-state index contributed by atoms with van der Waals surface area (Å²) in [5, 5.41) is 3.14. The lowest BCUT2D eigenvalue weighted by Gasteiger charge is -2.09. The summed E-state index contributed by atoms with van der Waals surface area (Å²) >= 11 is 6.38. The zero-order valence-electron chi connectivity index (χ0n) is 10.6. The molecule has 1 heterocycles. The van der Waals surface area contributed by atoms with Gasteiger partial charge in [0.05, 0.1) is 8.95 Å². The van der Waals surface area contributed by atoms with Crippen LogP contribution in [0.25, 0.3) is 11.4 Å². The molecule has 0 fully saturated rings. The van der Waals surface area contributed by atoms with Gasteiger partial charge in [0.1, 0.15) is 5.82 Å². The first-order chi connectivity index (χ1) is 9.54. The van der Waals surface area contributed by atoms with Crippen molar-refractivity contribution in [1.29, 1.82) is 0 Å². The van der Waals surface area contributed by atoms with E-state index in [9.17, 15) is 8.78 Å². The van der Waals surface area contributed by atoms with Gasteiger partial charge in [0.2, 0.25) is 0 Å².